The normalized spacial score (nSPS) is 14.7. The van der Waals surface area contributed by atoms with Crippen molar-refractivity contribution in [3.8, 4) is 0 Å². The van der Waals surface area contributed by atoms with E-state index in [9.17, 15) is 14.0 Å². The van der Waals surface area contributed by atoms with Gasteiger partial charge < -0.3 is 24.8 Å². The largest absolute Gasteiger partial charge is 0.464 e. The number of hydrogen-bond donors (Lipinski definition) is 3. The highest BCUT2D eigenvalue weighted by atomic mass is 19.1. The monoisotopic (exact) mass is 411 g/mol. The molecule has 0 atom stereocenters. The Balaban J connectivity index is 1.41. The van der Waals surface area contributed by atoms with E-state index in [2.05, 4.69) is 10.3 Å². The lowest BCUT2D eigenvalue weighted by atomic mass is 10.2. The van der Waals surface area contributed by atoms with Crippen LogP contribution in [0.2, 0.25) is 0 Å². The Kier molecular flexibility index (Phi) is 5.67. The number of aromatic nitrogens is 1. The van der Waals surface area contributed by atoms with E-state index in [1.54, 1.807) is 12.1 Å². The third-order valence-electron chi connectivity index (χ3n) is 5.43. The highest BCUT2D eigenvalue weighted by Gasteiger charge is 2.25. The Hall–Kier alpha value is -3.39. The number of halogens is 1. The fraction of sp³-hybridized carbons (Fsp3) is 0.273. The first-order chi connectivity index (χ1) is 14.6. The molecule has 2 aromatic carbocycles. The zero-order valence-corrected chi connectivity index (χ0v) is 16.7. The molecule has 2 heterocycles. The molecule has 156 valence electrons. The highest BCUT2D eigenvalue weighted by molar-refractivity contribution is 6.11. The third-order valence-corrected chi connectivity index (χ3v) is 5.43. The zero-order chi connectivity index (χ0) is 21.1. The van der Waals surface area contributed by atoms with Crippen molar-refractivity contribution in [3.63, 3.8) is 0 Å². The number of hydrogen-bond acceptors (Lipinski definition) is 4. The molecule has 0 unspecified atom stereocenters. The Morgan fingerprint density at radius 3 is 2.57 bits per heavy atom. The summed E-state index contributed by atoms with van der Waals surface area (Å²) in [6, 6.07) is 14.1. The number of para-hydroxylation sites is 2. The quantitative estimate of drug-likeness (QED) is 0.555. The van der Waals surface area contributed by atoms with Crippen LogP contribution in [-0.4, -0.2) is 56.7 Å². The Morgan fingerprint density at radius 1 is 1.13 bits per heavy atom. The van der Waals surface area contributed by atoms with Crippen molar-refractivity contribution in [2.45, 2.75) is 0 Å². The van der Waals surface area contributed by atoms with Gasteiger partial charge in [-0.3, -0.25) is 4.79 Å². The summed E-state index contributed by atoms with van der Waals surface area (Å²) in [6.45, 7) is 3.05. The van der Waals surface area contributed by atoms with Gasteiger partial charge in [0.15, 0.2) is 6.54 Å². The van der Waals surface area contributed by atoms with Crippen molar-refractivity contribution < 1.29 is 23.6 Å². The number of H-pyrrole nitrogens is 1. The van der Waals surface area contributed by atoms with Crippen LogP contribution in [0.25, 0.3) is 10.9 Å². The molecule has 1 aliphatic rings. The summed E-state index contributed by atoms with van der Waals surface area (Å²) in [5.41, 5.74) is 2.01. The second kappa shape index (κ2) is 8.54. The molecular formula is C22H24FN4O3+. The predicted octanol–water partition coefficient (Wildman–Crippen LogP) is 1.44. The number of fused-ring (bicyclic) bond motifs is 1. The highest BCUT2D eigenvalue weighted by Crippen LogP contribution is 2.28. The lowest BCUT2D eigenvalue weighted by molar-refractivity contribution is -0.892. The molecule has 7 nitrogen and oxygen atoms in total. The minimum atomic E-state index is -0.535. The van der Waals surface area contributed by atoms with Crippen molar-refractivity contribution in [1.29, 1.82) is 0 Å². The molecular weight excluding hydrogens is 387 g/mol. The first-order valence-corrected chi connectivity index (χ1v) is 9.88. The molecule has 1 aliphatic heterocycles. The molecule has 0 saturated carbocycles. The van der Waals surface area contributed by atoms with E-state index in [0.29, 0.717) is 24.5 Å². The lowest BCUT2D eigenvalue weighted by Crippen LogP contribution is -3.15. The minimum absolute atomic E-state index is 0.181. The number of amides is 1. The van der Waals surface area contributed by atoms with Crippen LogP contribution in [-0.2, 0) is 9.53 Å². The number of esters is 1. The molecule has 1 aromatic heterocycles. The van der Waals surface area contributed by atoms with E-state index in [1.165, 1.54) is 13.2 Å². The van der Waals surface area contributed by atoms with E-state index in [1.807, 2.05) is 35.2 Å². The van der Waals surface area contributed by atoms with E-state index in [-0.39, 0.29) is 24.0 Å². The lowest BCUT2D eigenvalue weighted by Gasteiger charge is -2.33. The summed E-state index contributed by atoms with van der Waals surface area (Å²) in [5, 5.41) is 3.64. The maximum Gasteiger partial charge on any atom is 0.356 e. The maximum atomic E-state index is 14.0. The number of benzene rings is 2. The number of carbonyl (C=O) groups is 2. The molecule has 1 amide bonds. The van der Waals surface area contributed by atoms with Gasteiger partial charge in [-0.15, -0.1) is 0 Å². The van der Waals surface area contributed by atoms with Gasteiger partial charge in [0.25, 0.3) is 5.91 Å². The van der Waals surface area contributed by atoms with Crippen LogP contribution in [0.4, 0.5) is 15.8 Å². The zero-order valence-electron chi connectivity index (χ0n) is 16.7. The van der Waals surface area contributed by atoms with Gasteiger partial charge in [0, 0.05) is 10.9 Å². The number of nitrogens with one attached hydrogen (secondary N) is 3. The molecule has 8 heteroatoms. The first-order valence-electron chi connectivity index (χ1n) is 9.88. The smallest absolute Gasteiger partial charge is 0.356 e. The van der Waals surface area contributed by atoms with Crippen molar-refractivity contribution in [1.82, 2.24) is 4.98 Å². The van der Waals surface area contributed by atoms with E-state index >= 15 is 0 Å². The number of methoxy groups -OCH3 is 1. The van der Waals surface area contributed by atoms with Crippen LogP contribution in [0.15, 0.2) is 48.5 Å². The molecule has 0 radical (unpaired) electrons. The topological polar surface area (TPSA) is 78.9 Å². The Labute approximate surface area is 173 Å². The van der Waals surface area contributed by atoms with Gasteiger partial charge in [-0.2, -0.15) is 0 Å². The van der Waals surface area contributed by atoms with Gasteiger partial charge in [0.1, 0.15) is 11.5 Å². The fourth-order valence-electron chi connectivity index (χ4n) is 3.89. The van der Waals surface area contributed by atoms with Crippen molar-refractivity contribution in [2.24, 2.45) is 0 Å². The molecule has 1 saturated heterocycles. The third kappa shape index (κ3) is 3.99. The van der Waals surface area contributed by atoms with Crippen molar-refractivity contribution in [2.75, 3.05) is 50.1 Å². The summed E-state index contributed by atoms with van der Waals surface area (Å²) in [5.74, 6) is -0.944. The maximum absolute atomic E-state index is 14.0. The van der Waals surface area contributed by atoms with Gasteiger partial charge in [-0.25, -0.2) is 9.18 Å². The number of carbonyl (C=O) groups excluding carboxylic acids is 2. The SMILES string of the molecule is COC(=O)c1[nH]c2ccccc2c1NC(=O)C[NH+]1CCN(c2ccccc2F)CC1. The van der Waals surface area contributed by atoms with Gasteiger partial charge in [-0.1, -0.05) is 30.3 Å². The Bertz CT molecular complexity index is 1070. The molecule has 3 aromatic rings. The van der Waals surface area contributed by atoms with E-state index in [4.69, 9.17) is 4.74 Å². The molecule has 4 rings (SSSR count). The van der Waals surface area contributed by atoms with Crippen LogP contribution >= 0.6 is 0 Å². The summed E-state index contributed by atoms with van der Waals surface area (Å²) in [4.78, 5) is 31.0. The predicted molar refractivity (Wildman–Crippen MR) is 112 cm³/mol. The minimum Gasteiger partial charge on any atom is -0.464 e. The average Bonchev–Trinajstić information content (AvgIpc) is 3.12. The summed E-state index contributed by atoms with van der Waals surface area (Å²) < 4.78 is 18.8. The molecule has 0 aliphatic carbocycles. The van der Waals surface area contributed by atoms with E-state index < -0.39 is 5.97 Å². The van der Waals surface area contributed by atoms with Crippen LogP contribution in [0.1, 0.15) is 10.5 Å². The molecule has 1 fully saturated rings. The van der Waals surface area contributed by atoms with Crippen LogP contribution in [0.3, 0.4) is 0 Å². The Morgan fingerprint density at radius 2 is 1.83 bits per heavy atom. The summed E-state index contributed by atoms with van der Waals surface area (Å²) >= 11 is 0. The van der Waals surface area contributed by atoms with Gasteiger partial charge in [-0.05, 0) is 18.2 Å². The molecule has 30 heavy (non-hydrogen) atoms. The van der Waals surface area contributed by atoms with Crippen LogP contribution in [0, 0.1) is 5.82 Å². The number of aromatic amines is 1. The van der Waals surface area contributed by atoms with Crippen LogP contribution in [0.5, 0.6) is 0 Å². The van der Waals surface area contributed by atoms with Crippen molar-refractivity contribution in [3.05, 3.63) is 60.0 Å². The van der Waals surface area contributed by atoms with Gasteiger partial charge in [0.2, 0.25) is 0 Å². The summed E-state index contributed by atoms with van der Waals surface area (Å²) in [7, 11) is 1.30. The molecule has 0 spiro atoms. The fourth-order valence-corrected chi connectivity index (χ4v) is 3.89. The molecule has 0 bridgehead atoms. The number of ether oxygens (including phenoxy) is 1. The second-order valence-electron chi connectivity index (χ2n) is 7.33. The number of piperazine rings is 1. The molecule has 3 N–H and O–H groups in total. The van der Waals surface area contributed by atoms with Crippen LogP contribution < -0.4 is 15.1 Å². The average molecular weight is 411 g/mol. The summed E-state index contributed by atoms with van der Waals surface area (Å²) in [6.07, 6.45) is 0. The van der Waals surface area contributed by atoms with Gasteiger partial charge in [0.05, 0.1) is 44.7 Å². The number of quaternary nitrogens is 1. The number of anilines is 2. The van der Waals surface area contributed by atoms with Gasteiger partial charge >= 0.3 is 5.97 Å². The standard InChI is InChI=1S/C22H23FN4O3/c1-30-22(29)21-20(15-6-2-4-8-17(15)24-21)25-19(28)14-26-10-12-27(13-11-26)18-9-5-3-7-16(18)23/h2-9,24H,10-14H2,1H3,(H,25,28)/p+1. The van der Waals surface area contributed by atoms with E-state index in [0.717, 1.165) is 28.9 Å². The second-order valence-corrected chi connectivity index (χ2v) is 7.33. The van der Waals surface area contributed by atoms with Crippen molar-refractivity contribution >= 4 is 34.2 Å². The first kappa shape index (κ1) is 19.9. The number of rotatable bonds is 5. The number of nitrogens with zero attached hydrogens (tertiary/aromatic N) is 1.